The molecule has 0 aliphatic heterocycles. The van der Waals surface area contributed by atoms with Crippen molar-refractivity contribution in [3.05, 3.63) is 28.8 Å². The molecular weight excluding hydrogens is 238 g/mol. The van der Waals surface area contributed by atoms with Crippen LogP contribution >= 0.6 is 11.6 Å². The van der Waals surface area contributed by atoms with E-state index in [1.54, 1.807) is 30.1 Å². The Kier molecular flexibility index (Phi) is 4.78. The van der Waals surface area contributed by atoms with E-state index in [2.05, 4.69) is 0 Å². The molecule has 4 nitrogen and oxygen atoms in total. The molecule has 17 heavy (non-hydrogen) atoms. The van der Waals surface area contributed by atoms with Crippen LogP contribution in [-0.2, 0) is 0 Å². The summed E-state index contributed by atoms with van der Waals surface area (Å²) in [5.74, 6) is -0.144. The van der Waals surface area contributed by atoms with E-state index in [9.17, 15) is 4.79 Å². The van der Waals surface area contributed by atoms with Crippen LogP contribution in [0.1, 0.15) is 10.4 Å². The van der Waals surface area contributed by atoms with Crippen LogP contribution in [0, 0.1) is 0 Å². The first-order chi connectivity index (χ1) is 7.93. The van der Waals surface area contributed by atoms with Gasteiger partial charge >= 0.3 is 0 Å². The van der Waals surface area contributed by atoms with Crippen LogP contribution in [0.2, 0.25) is 5.02 Å². The van der Waals surface area contributed by atoms with Gasteiger partial charge in [-0.1, -0.05) is 17.7 Å². The second kappa shape index (κ2) is 5.89. The largest absolute Gasteiger partial charge is 0.398 e. The number of hydrogen-bond donors (Lipinski definition) is 1. The monoisotopic (exact) mass is 255 g/mol. The SMILES string of the molecule is CN(C)CCN(C)C(=O)c1c(N)cccc1Cl. The number of nitrogens with two attached hydrogens (primary N) is 1. The van der Waals surface area contributed by atoms with E-state index in [4.69, 9.17) is 17.3 Å². The number of amides is 1. The zero-order valence-corrected chi connectivity index (χ0v) is 11.2. The molecule has 0 fully saturated rings. The number of nitrogen functional groups attached to an aromatic ring is 1. The zero-order valence-electron chi connectivity index (χ0n) is 10.4. The van der Waals surface area contributed by atoms with E-state index in [-0.39, 0.29) is 5.91 Å². The molecule has 0 aliphatic carbocycles. The summed E-state index contributed by atoms with van der Waals surface area (Å²) in [6.45, 7) is 1.43. The van der Waals surface area contributed by atoms with Crippen LogP contribution in [0.15, 0.2) is 18.2 Å². The van der Waals surface area contributed by atoms with E-state index in [1.165, 1.54) is 0 Å². The van der Waals surface area contributed by atoms with Crippen LogP contribution in [0.3, 0.4) is 0 Å². The van der Waals surface area contributed by atoms with Crippen molar-refractivity contribution in [1.82, 2.24) is 9.80 Å². The fourth-order valence-electron chi connectivity index (χ4n) is 1.41. The molecule has 1 rings (SSSR count). The van der Waals surface area contributed by atoms with Crippen molar-refractivity contribution in [2.24, 2.45) is 0 Å². The molecule has 0 spiro atoms. The zero-order chi connectivity index (χ0) is 13.0. The number of carbonyl (C=O) groups is 1. The highest BCUT2D eigenvalue weighted by Gasteiger charge is 2.17. The minimum Gasteiger partial charge on any atom is -0.398 e. The van der Waals surface area contributed by atoms with Gasteiger partial charge in [-0.25, -0.2) is 0 Å². The van der Waals surface area contributed by atoms with Crippen molar-refractivity contribution in [2.75, 3.05) is 40.0 Å². The van der Waals surface area contributed by atoms with Crippen molar-refractivity contribution >= 4 is 23.2 Å². The predicted octanol–water partition coefficient (Wildman–Crippen LogP) is 1.56. The number of hydrogen-bond acceptors (Lipinski definition) is 3. The molecule has 0 radical (unpaired) electrons. The first-order valence-corrected chi connectivity index (χ1v) is 5.75. The Morgan fingerprint density at radius 3 is 2.47 bits per heavy atom. The van der Waals surface area contributed by atoms with Gasteiger partial charge in [0.1, 0.15) is 0 Å². The highest BCUT2D eigenvalue weighted by Crippen LogP contribution is 2.23. The lowest BCUT2D eigenvalue weighted by atomic mass is 10.1. The summed E-state index contributed by atoms with van der Waals surface area (Å²) in [5.41, 5.74) is 6.57. The predicted molar refractivity (Wildman–Crippen MR) is 71.4 cm³/mol. The summed E-state index contributed by atoms with van der Waals surface area (Å²) in [6.07, 6.45) is 0. The maximum absolute atomic E-state index is 12.1. The van der Waals surface area contributed by atoms with Crippen LogP contribution in [-0.4, -0.2) is 49.9 Å². The Bertz CT molecular complexity index is 386. The van der Waals surface area contributed by atoms with E-state index in [1.807, 2.05) is 19.0 Å². The second-order valence-electron chi connectivity index (χ2n) is 4.23. The molecular formula is C12H18ClN3O. The third kappa shape index (κ3) is 3.61. The summed E-state index contributed by atoms with van der Waals surface area (Å²) >= 11 is 5.99. The Morgan fingerprint density at radius 1 is 1.29 bits per heavy atom. The first kappa shape index (κ1) is 13.8. The second-order valence-corrected chi connectivity index (χ2v) is 4.64. The molecule has 0 saturated heterocycles. The van der Waals surface area contributed by atoms with Gasteiger partial charge in [0.05, 0.1) is 10.6 Å². The lowest BCUT2D eigenvalue weighted by molar-refractivity contribution is 0.0787. The molecule has 2 N–H and O–H groups in total. The Morgan fingerprint density at radius 2 is 1.94 bits per heavy atom. The van der Waals surface area contributed by atoms with E-state index in [0.717, 1.165) is 6.54 Å². The molecule has 0 unspecified atom stereocenters. The molecule has 5 heteroatoms. The van der Waals surface area contributed by atoms with Gasteiger partial charge < -0.3 is 15.5 Å². The molecule has 94 valence electrons. The highest BCUT2D eigenvalue weighted by molar-refractivity contribution is 6.34. The lowest BCUT2D eigenvalue weighted by Crippen LogP contribution is -2.34. The van der Waals surface area contributed by atoms with Gasteiger partial charge in [0, 0.05) is 25.8 Å². The van der Waals surface area contributed by atoms with Crippen molar-refractivity contribution < 1.29 is 4.79 Å². The number of rotatable bonds is 4. The molecule has 1 aromatic carbocycles. The number of benzene rings is 1. The number of halogens is 1. The summed E-state index contributed by atoms with van der Waals surface area (Å²) in [4.78, 5) is 15.8. The minimum atomic E-state index is -0.144. The van der Waals surface area contributed by atoms with Crippen LogP contribution in [0.4, 0.5) is 5.69 Å². The Balaban J connectivity index is 2.82. The molecule has 0 saturated carbocycles. The van der Waals surface area contributed by atoms with Gasteiger partial charge in [0.15, 0.2) is 0 Å². The highest BCUT2D eigenvalue weighted by atomic mass is 35.5. The fourth-order valence-corrected chi connectivity index (χ4v) is 1.67. The summed E-state index contributed by atoms with van der Waals surface area (Å²) in [7, 11) is 5.67. The average molecular weight is 256 g/mol. The maximum Gasteiger partial charge on any atom is 0.257 e. The van der Waals surface area contributed by atoms with E-state index < -0.39 is 0 Å². The van der Waals surface area contributed by atoms with Gasteiger partial charge in [0.25, 0.3) is 5.91 Å². The third-order valence-electron chi connectivity index (χ3n) is 2.49. The smallest absolute Gasteiger partial charge is 0.257 e. The van der Waals surface area contributed by atoms with Crippen molar-refractivity contribution in [2.45, 2.75) is 0 Å². The van der Waals surface area contributed by atoms with Gasteiger partial charge in [0.2, 0.25) is 0 Å². The van der Waals surface area contributed by atoms with Crippen LogP contribution in [0.5, 0.6) is 0 Å². The Hall–Kier alpha value is -1.26. The minimum absolute atomic E-state index is 0.144. The maximum atomic E-state index is 12.1. The van der Waals surface area contributed by atoms with Gasteiger partial charge in [-0.15, -0.1) is 0 Å². The van der Waals surface area contributed by atoms with Gasteiger partial charge in [-0.2, -0.15) is 0 Å². The summed E-state index contributed by atoms with van der Waals surface area (Å²) < 4.78 is 0. The molecule has 0 bridgehead atoms. The number of carbonyl (C=O) groups excluding carboxylic acids is 1. The first-order valence-electron chi connectivity index (χ1n) is 5.37. The van der Waals surface area contributed by atoms with Crippen molar-refractivity contribution in [3.8, 4) is 0 Å². The topological polar surface area (TPSA) is 49.6 Å². The number of likely N-dealkylation sites (N-methyl/N-ethyl adjacent to an activating group) is 2. The average Bonchev–Trinajstić information content (AvgIpc) is 2.25. The Labute approximate surface area is 107 Å². The van der Waals surface area contributed by atoms with E-state index >= 15 is 0 Å². The van der Waals surface area contributed by atoms with Crippen LogP contribution in [0.25, 0.3) is 0 Å². The molecule has 0 heterocycles. The van der Waals surface area contributed by atoms with E-state index in [0.29, 0.717) is 22.8 Å². The molecule has 0 aliphatic rings. The molecule has 0 atom stereocenters. The lowest BCUT2D eigenvalue weighted by Gasteiger charge is -2.20. The number of anilines is 1. The third-order valence-corrected chi connectivity index (χ3v) is 2.80. The summed E-state index contributed by atoms with van der Waals surface area (Å²) in [5, 5.41) is 0.395. The standard InChI is InChI=1S/C12H18ClN3O/c1-15(2)7-8-16(3)12(17)11-9(13)5-4-6-10(11)14/h4-6H,7-8,14H2,1-3H3. The molecule has 0 aromatic heterocycles. The number of nitrogens with zero attached hydrogens (tertiary/aromatic N) is 2. The molecule has 1 aromatic rings. The molecule has 1 amide bonds. The van der Waals surface area contributed by atoms with Crippen molar-refractivity contribution in [3.63, 3.8) is 0 Å². The van der Waals surface area contributed by atoms with Crippen LogP contribution < -0.4 is 5.73 Å². The van der Waals surface area contributed by atoms with Gasteiger partial charge in [-0.05, 0) is 26.2 Å². The van der Waals surface area contributed by atoms with Gasteiger partial charge in [-0.3, -0.25) is 4.79 Å². The normalized spacial score (nSPS) is 10.6. The summed E-state index contributed by atoms with van der Waals surface area (Å²) in [6, 6.07) is 5.08. The fraction of sp³-hybridized carbons (Fsp3) is 0.417. The van der Waals surface area contributed by atoms with Crippen molar-refractivity contribution in [1.29, 1.82) is 0 Å². The quantitative estimate of drug-likeness (QED) is 0.831.